The Labute approximate surface area is 96.7 Å². The Kier molecular flexibility index (Phi) is 2.97. The molecule has 0 bridgehead atoms. The Balaban J connectivity index is 2.12. The number of hydrogen-bond donors (Lipinski definition) is 1. The van der Waals surface area contributed by atoms with E-state index in [1.165, 1.54) is 0 Å². The van der Waals surface area contributed by atoms with Crippen LogP contribution in [0.2, 0.25) is 0 Å². The van der Waals surface area contributed by atoms with E-state index in [-0.39, 0.29) is 22.9 Å². The highest BCUT2D eigenvalue weighted by atomic mass is 16.5. The van der Waals surface area contributed by atoms with Crippen LogP contribution in [0.1, 0.15) is 27.2 Å². The third-order valence-electron chi connectivity index (χ3n) is 3.66. The molecule has 2 heterocycles. The second-order valence-corrected chi connectivity index (χ2v) is 5.52. The van der Waals surface area contributed by atoms with E-state index < -0.39 is 0 Å². The second kappa shape index (κ2) is 4.00. The largest absolute Gasteiger partial charge is 0.466 e. The predicted molar refractivity (Wildman–Crippen MR) is 60.1 cm³/mol. The fraction of sp³-hybridized carbons (Fsp3) is 0.917. The van der Waals surface area contributed by atoms with Crippen LogP contribution < -0.4 is 5.32 Å². The first-order valence-corrected chi connectivity index (χ1v) is 6.00. The lowest BCUT2D eigenvalue weighted by molar-refractivity contribution is -0.151. The number of carbonyl (C=O) groups excluding carboxylic acids is 1. The highest BCUT2D eigenvalue weighted by Crippen LogP contribution is 2.46. The zero-order valence-electron chi connectivity index (χ0n) is 10.3. The van der Waals surface area contributed by atoms with Gasteiger partial charge in [0.25, 0.3) is 0 Å². The van der Waals surface area contributed by atoms with Crippen molar-refractivity contribution in [2.24, 2.45) is 11.3 Å². The highest BCUT2D eigenvalue weighted by Gasteiger charge is 2.54. The molecule has 2 unspecified atom stereocenters. The monoisotopic (exact) mass is 227 g/mol. The van der Waals surface area contributed by atoms with E-state index in [1.54, 1.807) is 0 Å². The average molecular weight is 227 g/mol. The van der Waals surface area contributed by atoms with E-state index in [2.05, 4.69) is 19.2 Å². The van der Waals surface area contributed by atoms with Gasteiger partial charge < -0.3 is 14.8 Å². The van der Waals surface area contributed by atoms with Gasteiger partial charge in [-0.05, 0) is 27.2 Å². The number of rotatable bonds is 2. The molecule has 2 fully saturated rings. The van der Waals surface area contributed by atoms with Crippen LogP contribution in [0.5, 0.6) is 0 Å². The summed E-state index contributed by atoms with van der Waals surface area (Å²) in [5.74, 6) is -0.122. The number of carbonyl (C=O) groups is 1. The first-order valence-electron chi connectivity index (χ1n) is 6.00. The zero-order chi connectivity index (χ0) is 11.8. The van der Waals surface area contributed by atoms with E-state index in [4.69, 9.17) is 9.47 Å². The second-order valence-electron chi connectivity index (χ2n) is 5.52. The van der Waals surface area contributed by atoms with E-state index in [9.17, 15) is 4.79 Å². The molecule has 2 rings (SSSR count). The Hall–Kier alpha value is -0.610. The molecule has 0 aromatic heterocycles. The molecule has 1 N–H and O–H groups in total. The number of ether oxygens (including phenoxy) is 2. The summed E-state index contributed by atoms with van der Waals surface area (Å²) < 4.78 is 10.9. The van der Waals surface area contributed by atoms with E-state index >= 15 is 0 Å². The van der Waals surface area contributed by atoms with Gasteiger partial charge in [0.2, 0.25) is 0 Å². The fourth-order valence-corrected chi connectivity index (χ4v) is 3.01. The minimum absolute atomic E-state index is 0.0459. The van der Waals surface area contributed by atoms with Gasteiger partial charge in [-0.15, -0.1) is 0 Å². The van der Waals surface area contributed by atoms with Crippen molar-refractivity contribution in [2.75, 3.05) is 26.3 Å². The molecule has 0 aromatic carbocycles. The molecule has 0 aromatic rings. The van der Waals surface area contributed by atoms with Crippen molar-refractivity contribution in [1.29, 1.82) is 0 Å². The van der Waals surface area contributed by atoms with Gasteiger partial charge in [-0.3, -0.25) is 4.79 Å². The topological polar surface area (TPSA) is 47.6 Å². The van der Waals surface area contributed by atoms with Crippen LogP contribution in [-0.4, -0.2) is 37.9 Å². The van der Waals surface area contributed by atoms with Crippen LogP contribution in [0.3, 0.4) is 0 Å². The van der Waals surface area contributed by atoms with Crippen molar-refractivity contribution in [3.05, 3.63) is 0 Å². The summed E-state index contributed by atoms with van der Waals surface area (Å²) in [6, 6.07) is 0. The molecule has 16 heavy (non-hydrogen) atoms. The molecule has 0 aliphatic carbocycles. The van der Waals surface area contributed by atoms with Crippen LogP contribution in [0.15, 0.2) is 0 Å². The fourth-order valence-electron chi connectivity index (χ4n) is 3.01. The van der Waals surface area contributed by atoms with Crippen LogP contribution in [-0.2, 0) is 14.3 Å². The SMILES string of the molecule is CCOC(=O)C1CNCC12COC(C)(C)C2. The molecule has 0 amide bonds. The van der Waals surface area contributed by atoms with Gasteiger partial charge in [-0.2, -0.15) is 0 Å². The smallest absolute Gasteiger partial charge is 0.310 e. The minimum atomic E-state index is -0.114. The van der Waals surface area contributed by atoms with Gasteiger partial charge in [-0.1, -0.05) is 0 Å². The van der Waals surface area contributed by atoms with Crippen molar-refractivity contribution in [3.8, 4) is 0 Å². The Morgan fingerprint density at radius 3 is 2.88 bits per heavy atom. The lowest BCUT2D eigenvalue weighted by Crippen LogP contribution is -2.37. The Morgan fingerprint density at radius 2 is 2.31 bits per heavy atom. The number of hydrogen-bond acceptors (Lipinski definition) is 4. The summed E-state index contributed by atoms with van der Waals surface area (Å²) in [6.45, 7) is 8.72. The zero-order valence-corrected chi connectivity index (χ0v) is 10.3. The van der Waals surface area contributed by atoms with Gasteiger partial charge in [0, 0.05) is 18.5 Å². The van der Waals surface area contributed by atoms with E-state index in [0.717, 1.165) is 19.5 Å². The van der Waals surface area contributed by atoms with Crippen molar-refractivity contribution >= 4 is 5.97 Å². The highest BCUT2D eigenvalue weighted by molar-refractivity contribution is 5.74. The summed E-state index contributed by atoms with van der Waals surface area (Å²) in [6.07, 6.45) is 0.927. The molecule has 0 saturated carbocycles. The Morgan fingerprint density at radius 1 is 1.56 bits per heavy atom. The predicted octanol–water partition coefficient (Wildman–Crippen LogP) is 0.954. The normalized spacial score (nSPS) is 36.8. The third kappa shape index (κ3) is 1.96. The lowest BCUT2D eigenvalue weighted by Gasteiger charge is -2.27. The van der Waals surface area contributed by atoms with Gasteiger partial charge in [-0.25, -0.2) is 0 Å². The summed E-state index contributed by atoms with van der Waals surface area (Å²) in [7, 11) is 0. The molecule has 92 valence electrons. The minimum Gasteiger partial charge on any atom is -0.466 e. The molecular weight excluding hydrogens is 206 g/mol. The average Bonchev–Trinajstić information content (AvgIpc) is 2.72. The van der Waals surface area contributed by atoms with Gasteiger partial charge in [0.15, 0.2) is 0 Å². The van der Waals surface area contributed by atoms with Crippen molar-refractivity contribution in [1.82, 2.24) is 5.32 Å². The van der Waals surface area contributed by atoms with Crippen molar-refractivity contribution in [2.45, 2.75) is 32.8 Å². The van der Waals surface area contributed by atoms with Crippen molar-refractivity contribution < 1.29 is 14.3 Å². The maximum atomic E-state index is 11.9. The quantitative estimate of drug-likeness (QED) is 0.714. The molecule has 2 aliphatic heterocycles. The summed E-state index contributed by atoms with van der Waals surface area (Å²) in [5, 5.41) is 3.30. The van der Waals surface area contributed by atoms with E-state index in [0.29, 0.717) is 13.2 Å². The number of nitrogens with one attached hydrogen (secondary N) is 1. The van der Waals surface area contributed by atoms with Gasteiger partial charge >= 0.3 is 5.97 Å². The third-order valence-corrected chi connectivity index (χ3v) is 3.66. The van der Waals surface area contributed by atoms with Crippen LogP contribution >= 0.6 is 0 Å². The van der Waals surface area contributed by atoms with Crippen LogP contribution in [0.25, 0.3) is 0 Å². The molecular formula is C12H21NO3. The van der Waals surface area contributed by atoms with Crippen LogP contribution in [0, 0.1) is 11.3 Å². The standard InChI is InChI=1S/C12H21NO3/c1-4-15-10(14)9-5-13-7-12(9)6-11(2,3)16-8-12/h9,13H,4-8H2,1-3H3. The van der Waals surface area contributed by atoms with Crippen LogP contribution in [0.4, 0.5) is 0 Å². The molecule has 2 saturated heterocycles. The lowest BCUT2D eigenvalue weighted by atomic mass is 9.74. The summed E-state index contributed by atoms with van der Waals surface area (Å²) >= 11 is 0. The molecule has 1 spiro atoms. The first-order chi connectivity index (χ1) is 7.49. The van der Waals surface area contributed by atoms with Gasteiger partial charge in [0.1, 0.15) is 0 Å². The first kappa shape index (κ1) is 11.9. The molecule has 4 heteroatoms. The van der Waals surface area contributed by atoms with E-state index in [1.807, 2.05) is 6.92 Å². The van der Waals surface area contributed by atoms with Crippen molar-refractivity contribution in [3.63, 3.8) is 0 Å². The maximum Gasteiger partial charge on any atom is 0.310 e. The Bertz CT molecular complexity index is 290. The molecule has 0 radical (unpaired) electrons. The molecule has 2 atom stereocenters. The molecule has 2 aliphatic rings. The summed E-state index contributed by atoms with van der Waals surface area (Å²) in [5.41, 5.74) is -0.160. The summed E-state index contributed by atoms with van der Waals surface area (Å²) in [4.78, 5) is 11.9. The van der Waals surface area contributed by atoms with Gasteiger partial charge in [0.05, 0.1) is 24.7 Å². The maximum absolute atomic E-state index is 11.9. The number of esters is 1. The molecule has 4 nitrogen and oxygen atoms in total.